The second-order valence-corrected chi connectivity index (χ2v) is 3.25. The largest absolute Gasteiger partial charge is 0.381 e. The van der Waals surface area contributed by atoms with Crippen LogP contribution >= 0.6 is 0 Å². The number of hydrogen-bond acceptors (Lipinski definition) is 4. The van der Waals surface area contributed by atoms with Crippen molar-refractivity contribution in [2.45, 2.75) is 0 Å². The van der Waals surface area contributed by atoms with E-state index in [-0.39, 0.29) is 0 Å². The maximum absolute atomic E-state index is 5.48. The van der Waals surface area contributed by atoms with Crippen molar-refractivity contribution in [3.05, 3.63) is 30.6 Å². The Morgan fingerprint density at radius 3 is 3.00 bits per heavy atom. The molecule has 0 unspecified atom stereocenters. The number of anilines is 1. The van der Waals surface area contributed by atoms with Gasteiger partial charge < -0.3 is 15.2 Å². The number of fused-ring (bicyclic) bond motifs is 1. The number of nitrogens with zero attached hydrogens (tertiary/aromatic N) is 2. The number of aromatic nitrogens is 3. The van der Waals surface area contributed by atoms with Crippen LogP contribution in [0.2, 0.25) is 0 Å². The van der Waals surface area contributed by atoms with Gasteiger partial charge in [0.2, 0.25) is 0 Å². The SMILES string of the molecule is Nc1cc(-c2ccc3nc[nH]c3c2)on1. The smallest absolute Gasteiger partial charge is 0.169 e. The average molecular weight is 200 g/mol. The van der Waals surface area contributed by atoms with Crippen molar-refractivity contribution >= 4 is 16.9 Å². The first-order chi connectivity index (χ1) is 7.33. The van der Waals surface area contributed by atoms with Crippen LogP contribution in [-0.4, -0.2) is 15.1 Å². The van der Waals surface area contributed by atoms with Crippen molar-refractivity contribution in [3.8, 4) is 11.3 Å². The highest BCUT2D eigenvalue weighted by molar-refractivity contribution is 5.80. The molecule has 2 heterocycles. The maximum Gasteiger partial charge on any atom is 0.169 e. The Kier molecular flexibility index (Phi) is 1.53. The molecule has 5 heteroatoms. The zero-order valence-electron chi connectivity index (χ0n) is 7.77. The Labute approximate surface area is 84.9 Å². The number of hydrogen-bond donors (Lipinski definition) is 2. The molecule has 1 aromatic carbocycles. The summed E-state index contributed by atoms with van der Waals surface area (Å²) >= 11 is 0. The van der Waals surface area contributed by atoms with Crippen molar-refractivity contribution in [2.75, 3.05) is 5.73 Å². The van der Waals surface area contributed by atoms with Crippen LogP contribution in [0.25, 0.3) is 22.4 Å². The molecule has 0 aliphatic carbocycles. The minimum absolute atomic E-state index is 0.384. The summed E-state index contributed by atoms with van der Waals surface area (Å²) in [5, 5.41) is 3.64. The number of benzene rings is 1. The number of imidazole rings is 1. The molecule has 15 heavy (non-hydrogen) atoms. The molecule has 0 fully saturated rings. The third-order valence-electron chi connectivity index (χ3n) is 2.23. The van der Waals surface area contributed by atoms with Gasteiger partial charge in [0.25, 0.3) is 0 Å². The summed E-state index contributed by atoms with van der Waals surface area (Å²) in [6.07, 6.45) is 1.66. The predicted octanol–water partition coefficient (Wildman–Crippen LogP) is 1.80. The quantitative estimate of drug-likeness (QED) is 0.627. The first-order valence-corrected chi connectivity index (χ1v) is 4.48. The molecule has 3 N–H and O–H groups in total. The Hall–Kier alpha value is -2.30. The Balaban J connectivity index is 2.18. The number of aromatic amines is 1. The van der Waals surface area contributed by atoms with E-state index in [2.05, 4.69) is 15.1 Å². The summed E-state index contributed by atoms with van der Waals surface area (Å²) in [5.41, 5.74) is 8.29. The van der Waals surface area contributed by atoms with Gasteiger partial charge in [-0.15, -0.1) is 0 Å². The van der Waals surface area contributed by atoms with E-state index in [0.29, 0.717) is 11.6 Å². The fourth-order valence-corrected chi connectivity index (χ4v) is 1.51. The second kappa shape index (κ2) is 2.84. The molecule has 74 valence electrons. The zero-order valence-corrected chi connectivity index (χ0v) is 7.77. The van der Waals surface area contributed by atoms with Crippen molar-refractivity contribution in [2.24, 2.45) is 0 Å². The van der Waals surface area contributed by atoms with Gasteiger partial charge in [-0.2, -0.15) is 0 Å². The molecule has 0 spiro atoms. The number of nitrogens with one attached hydrogen (secondary N) is 1. The third-order valence-corrected chi connectivity index (χ3v) is 2.23. The summed E-state index contributed by atoms with van der Waals surface area (Å²) in [6.45, 7) is 0. The van der Waals surface area contributed by atoms with E-state index in [9.17, 15) is 0 Å². The first kappa shape index (κ1) is 8.05. The molecule has 0 aliphatic heterocycles. The van der Waals surface area contributed by atoms with Crippen molar-refractivity contribution < 1.29 is 4.52 Å². The summed E-state index contributed by atoms with van der Waals surface area (Å²) in [4.78, 5) is 7.16. The van der Waals surface area contributed by atoms with Crippen molar-refractivity contribution in [1.29, 1.82) is 0 Å². The molecular formula is C10H8N4O. The normalized spacial score (nSPS) is 10.9. The maximum atomic E-state index is 5.48. The third kappa shape index (κ3) is 1.25. The number of nitrogens with two attached hydrogens (primary N) is 1. The molecule has 3 aromatic rings. The van der Waals surface area contributed by atoms with Crippen LogP contribution in [0.4, 0.5) is 5.82 Å². The molecule has 0 radical (unpaired) electrons. The lowest BCUT2D eigenvalue weighted by molar-refractivity contribution is 0.436. The number of nitrogen functional groups attached to an aromatic ring is 1. The van der Waals surface area contributed by atoms with Gasteiger partial charge in [-0.25, -0.2) is 4.98 Å². The summed E-state index contributed by atoms with van der Waals surface area (Å²) in [6, 6.07) is 7.48. The van der Waals surface area contributed by atoms with E-state index >= 15 is 0 Å². The molecule has 0 bridgehead atoms. The second-order valence-electron chi connectivity index (χ2n) is 3.25. The fraction of sp³-hybridized carbons (Fsp3) is 0. The van der Waals surface area contributed by atoms with Crippen LogP contribution < -0.4 is 5.73 Å². The first-order valence-electron chi connectivity index (χ1n) is 4.48. The topological polar surface area (TPSA) is 80.7 Å². The molecule has 0 saturated heterocycles. The molecule has 3 rings (SSSR count). The van der Waals surface area contributed by atoms with Gasteiger partial charge in [-0.05, 0) is 18.2 Å². The van der Waals surface area contributed by atoms with E-state index in [1.165, 1.54) is 0 Å². The Morgan fingerprint density at radius 2 is 2.20 bits per heavy atom. The van der Waals surface area contributed by atoms with Gasteiger partial charge in [-0.3, -0.25) is 0 Å². The standard InChI is InChI=1S/C10H8N4O/c11-10-4-9(15-14-10)6-1-2-7-8(3-6)13-5-12-7/h1-5H,(H2,11,14)(H,12,13). The molecule has 5 nitrogen and oxygen atoms in total. The lowest BCUT2D eigenvalue weighted by Gasteiger charge is -1.94. The van der Waals surface area contributed by atoms with Gasteiger partial charge in [0, 0.05) is 11.6 Å². The van der Waals surface area contributed by atoms with Gasteiger partial charge >= 0.3 is 0 Å². The van der Waals surface area contributed by atoms with Gasteiger partial charge in [0.15, 0.2) is 11.6 Å². The van der Waals surface area contributed by atoms with Crippen molar-refractivity contribution in [1.82, 2.24) is 15.1 Å². The monoisotopic (exact) mass is 200 g/mol. The van der Waals surface area contributed by atoms with Crippen LogP contribution in [0, 0.1) is 0 Å². The fourth-order valence-electron chi connectivity index (χ4n) is 1.51. The van der Waals surface area contributed by atoms with Crippen LogP contribution in [0.1, 0.15) is 0 Å². The average Bonchev–Trinajstić information content (AvgIpc) is 2.84. The highest BCUT2D eigenvalue weighted by Gasteiger charge is 2.05. The minimum Gasteiger partial charge on any atom is -0.381 e. The lowest BCUT2D eigenvalue weighted by Crippen LogP contribution is -1.80. The van der Waals surface area contributed by atoms with E-state index in [1.807, 2.05) is 18.2 Å². The molecule has 0 atom stereocenters. The Morgan fingerprint density at radius 1 is 1.27 bits per heavy atom. The molecule has 0 amide bonds. The summed E-state index contributed by atoms with van der Waals surface area (Å²) in [5.74, 6) is 1.04. The highest BCUT2D eigenvalue weighted by atomic mass is 16.5. The van der Waals surface area contributed by atoms with Crippen LogP contribution in [-0.2, 0) is 0 Å². The van der Waals surface area contributed by atoms with Crippen molar-refractivity contribution in [3.63, 3.8) is 0 Å². The van der Waals surface area contributed by atoms with Gasteiger partial charge in [0.1, 0.15) is 0 Å². The van der Waals surface area contributed by atoms with Gasteiger partial charge in [0.05, 0.1) is 17.4 Å². The predicted molar refractivity (Wildman–Crippen MR) is 56.0 cm³/mol. The lowest BCUT2D eigenvalue weighted by atomic mass is 10.1. The molecular weight excluding hydrogens is 192 g/mol. The number of rotatable bonds is 1. The number of H-pyrrole nitrogens is 1. The molecule has 0 saturated carbocycles. The summed E-state index contributed by atoms with van der Waals surface area (Å²) in [7, 11) is 0. The zero-order chi connectivity index (χ0) is 10.3. The van der Waals surface area contributed by atoms with E-state index in [1.54, 1.807) is 12.4 Å². The van der Waals surface area contributed by atoms with Crippen LogP contribution in [0.3, 0.4) is 0 Å². The van der Waals surface area contributed by atoms with E-state index < -0.39 is 0 Å². The van der Waals surface area contributed by atoms with E-state index in [0.717, 1.165) is 16.6 Å². The molecule has 2 aromatic heterocycles. The molecule has 0 aliphatic rings. The van der Waals surface area contributed by atoms with Gasteiger partial charge in [-0.1, -0.05) is 5.16 Å². The minimum atomic E-state index is 0.384. The highest BCUT2D eigenvalue weighted by Crippen LogP contribution is 2.23. The van der Waals surface area contributed by atoms with Crippen LogP contribution in [0.15, 0.2) is 35.1 Å². The Bertz CT molecular complexity index is 610. The van der Waals surface area contributed by atoms with E-state index in [4.69, 9.17) is 10.3 Å². The summed E-state index contributed by atoms with van der Waals surface area (Å²) < 4.78 is 5.07. The van der Waals surface area contributed by atoms with Crippen LogP contribution in [0.5, 0.6) is 0 Å².